The van der Waals surface area contributed by atoms with Crippen molar-refractivity contribution in [1.82, 2.24) is 15.0 Å². The summed E-state index contributed by atoms with van der Waals surface area (Å²) in [7, 11) is 0. The van der Waals surface area contributed by atoms with Gasteiger partial charge in [0.2, 0.25) is 0 Å². The Labute approximate surface area is 143 Å². The molecule has 0 saturated carbocycles. The molecule has 6 nitrogen and oxygen atoms in total. The predicted octanol–water partition coefficient (Wildman–Crippen LogP) is 2.28. The lowest BCUT2D eigenvalue weighted by Crippen LogP contribution is -2.37. The van der Waals surface area contributed by atoms with Gasteiger partial charge in [0.05, 0.1) is 12.6 Å². The Bertz CT molecular complexity index is 568. The first kappa shape index (κ1) is 17.4. The number of aromatic nitrogens is 1. The van der Waals surface area contributed by atoms with Crippen molar-refractivity contribution in [1.29, 1.82) is 0 Å². The van der Waals surface area contributed by atoms with Crippen LogP contribution in [-0.4, -0.2) is 58.3 Å². The molecule has 6 heteroatoms. The molecule has 3 rings (SSSR count). The van der Waals surface area contributed by atoms with E-state index in [2.05, 4.69) is 23.9 Å². The van der Waals surface area contributed by atoms with Crippen molar-refractivity contribution in [3.05, 3.63) is 17.5 Å². The zero-order chi connectivity index (χ0) is 17.2. The smallest absolute Gasteiger partial charge is 0.276 e. The van der Waals surface area contributed by atoms with Crippen molar-refractivity contribution in [2.75, 3.05) is 26.2 Å². The average molecular weight is 335 g/mol. The average Bonchev–Trinajstić information content (AvgIpc) is 3.22. The zero-order valence-corrected chi connectivity index (χ0v) is 14.8. The third-order valence-corrected chi connectivity index (χ3v) is 5.86. The van der Waals surface area contributed by atoms with E-state index in [-0.39, 0.29) is 17.4 Å². The number of carbonyl (C=O) groups is 1. The van der Waals surface area contributed by atoms with Gasteiger partial charge in [0.1, 0.15) is 0 Å². The number of β-amino-alcohol motifs (C(OH)–C–C–N with tert-alkyl or cyclic N) is 1. The highest BCUT2D eigenvalue weighted by Gasteiger charge is 2.38. The van der Waals surface area contributed by atoms with Crippen LogP contribution < -0.4 is 0 Å². The summed E-state index contributed by atoms with van der Waals surface area (Å²) < 4.78 is 5.37. The van der Waals surface area contributed by atoms with Gasteiger partial charge in [-0.1, -0.05) is 19.0 Å². The minimum Gasteiger partial charge on any atom is -0.392 e. The summed E-state index contributed by atoms with van der Waals surface area (Å²) in [6.07, 6.45) is 4.88. The van der Waals surface area contributed by atoms with Gasteiger partial charge in [0, 0.05) is 25.7 Å². The van der Waals surface area contributed by atoms with Crippen LogP contribution in [-0.2, 0) is 6.54 Å². The molecule has 1 atom stereocenters. The van der Waals surface area contributed by atoms with Crippen LogP contribution in [0.2, 0.25) is 0 Å². The molecule has 0 bridgehead atoms. The van der Waals surface area contributed by atoms with Gasteiger partial charge in [0.25, 0.3) is 5.91 Å². The number of rotatable bonds is 5. The molecule has 0 aliphatic carbocycles. The molecule has 2 saturated heterocycles. The fourth-order valence-corrected chi connectivity index (χ4v) is 3.98. The maximum atomic E-state index is 12.7. The monoisotopic (exact) mass is 335 g/mol. The Kier molecular flexibility index (Phi) is 5.25. The van der Waals surface area contributed by atoms with E-state index in [1.807, 2.05) is 4.90 Å². The molecule has 0 unspecified atom stereocenters. The van der Waals surface area contributed by atoms with E-state index in [0.29, 0.717) is 24.5 Å². The normalized spacial score (nSPS) is 24.5. The molecule has 134 valence electrons. The van der Waals surface area contributed by atoms with Gasteiger partial charge in [0.15, 0.2) is 11.5 Å². The second-order valence-corrected chi connectivity index (χ2v) is 7.39. The van der Waals surface area contributed by atoms with Crippen molar-refractivity contribution in [2.45, 2.75) is 58.6 Å². The Morgan fingerprint density at radius 1 is 1.42 bits per heavy atom. The summed E-state index contributed by atoms with van der Waals surface area (Å²) in [5.41, 5.74) is 0.678. The molecule has 2 fully saturated rings. The molecular formula is C18H29N3O3. The molecule has 0 radical (unpaired) electrons. The fourth-order valence-electron chi connectivity index (χ4n) is 3.98. The highest BCUT2D eigenvalue weighted by molar-refractivity contribution is 5.92. The quantitative estimate of drug-likeness (QED) is 0.894. The summed E-state index contributed by atoms with van der Waals surface area (Å²) in [5, 5.41) is 13.7. The van der Waals surface area contributed by atoms with E-state index in [4.69, 9.17) is 4.52 Å². The number of likely N-dealkylation sites (tertiary alicyclic amines) is 2. The third-order valence-electron chi connectivity index (χ3n) is 5.86. The summed E-state index contributed by atoms with van der Waals surface area (Å²) in [6, 6.07) is 1.77. The summed E-state index contributed by atoms with van der Waals surface area (Å²) >= 11 is 0. The lowest BCUT2D eigenvalue weighted by molar-refractivity contribution is 0.0622. The lowest BCUT2D eigenvalue weighted by atomic mass is 9.82. The van der Waals surface area contributed by atoms with Crippen molar-refractivity contribution in [3.63, 3.8) is 0 Å². The van der Waals surface area contributed by atoms with Gasteiger partial charge < -0.3 is 14.5 Å². The van der Waals surface area contributed by atoms with Crippen LogP contribution in [0.3, 0.4) is 0 Å². The van der Waals surface area contributed by atoms with Gasteiger partial charge >= 0.3 is 0 Å². The fraction of sp³-hybridized carbons (Fsp3) is 0.778. The van der Waals surface area contributed by atoms with Crippen LogP contribution >= 0.6 is 0 Å². The van der Waals surface area contributed by atoms with E-state index in [9.17, 15) is 9.90 Å². The van der Waals surface area contributed by atoms with Crippen LogP contribution in [0.25, 0.3) is 0 Å². The molecular weight excluding hydrogens is 306 g/mol. The number of nitrogens with zero attached hydrogens (tertiary/aromatic N) is 3. The molecule has 1 N–H and O–H groups in total. The lowest BCUT2D eigenvalue weighted by Gasteiger charge is -2.28. The molecule has 1 aromatic rings. The number of carbonyl (C=O) groups excluding carboxylic acids is 1. The molecule has 1 aromatic heterocycles. The molecule has 2 aliphatic rings. The number of hydrogen-bond acceptors (Lipinski definition) is 5. The topological polar surface area (TPSA) is 69.8 Å². The van der Waals surface area contributed by atoms with Crippen LogP contribution in [0.15, 0.2) is 10.6 Å². The summed E-state index contributed by atoms with van der Waals surface area (Å²) in [4.78, 5) is 16.7. The molecule has 0 aromatic carbocycles. The number of piperidine rings is 1. The van der Waals surface area contributed by atoms with Crippen molar-refractivity contribution < 1.29 is 14.4 Å². The van der Waals surface area contributed by atoms with Crippen LogP contribution in [0.1, 0.15) is 62.2 Å². The molecule has 24 heavy (non-hydrogen) atoms. The highest BCUT2D eigenvalue weighted by Crippen LogP contribution is 2.37. The minimum absolute atomic E-state index is 0.0209. The number of hydrogen-bond donors (Lipinski definition) is 1. The molecule has 0 spiro atoms. The van der Waals surface area contributed by atoms with Crippen molar-refractivity contribution in [2.24, 2.45) is 5.41 Å². The van der Waals surface area contributed by atoms with E-state index >= 15 is 0 Å². The molecule has 2 aliphatic heterocycles. The van der Waals surface area contributed by atoms with Gasteiger partial charge in [-0.3, -0.25) is 9.69 Å². The van der Waals surface area contributed by atoms with Crippen LogP contribution in [0, 0.1) is 5.41 Å². The predicted molar refractivity (Wildman–Crippen MR) is 90.6 cm³/mol. The number of amides is 1. The van der Waals surface area contributed by atoms with Gasteiger partial charge in [-0.25, -0.2) is 0 Å². The number of aliphatic hydroxyl groups is 1. The van der Waals surface area contributed by atoms with Gasteiger partial charge in [-0.15, -0.1) is 0 Å². The minimum atomic E-state index is -0.261. The van der Waals surface area contributed by atoms with E-state index in [1.54, 1.807) is 6.07 Å². The van der Waals surface area contributed by atoms with E-state index in [1.165, 1.54) is 0 Å². The zero-order valence-electron chi connectivity index (χ0n) is 14.8. The largest absolute Gasteiger partial charge is 0.392 e. The maximum absolute atomic E-state index is 12.7. The number of aliphatic hydroxyl groups excluding tert-OH is 1. The van der Waals surface area contributed by atoms with E-state index in [0.717, 1.165) is 51.7 Å². The Morgan fingerprint density at radius 2 is 2.21 bits per heavy atom. The molecule has 1 amide bonds. The summed E-state index contributed by atoms with van der Waals surface area (Å²) in [5.74, 6) is 0.677. The third kappa shape index (κ3) is 3.64. The van der Waals surface area contributed by atoms with Gasteiger partial charge in [-0.2, -0.15) is 0 Å². The van der Waals surface area contributed by atoms with E-state index < -0.39 is 0 Å². The Balaban J connectivity index is 1.60. The highest BCUT2D eigenvalue weighted by atomic mass is 16.5. The molecule has 3 heterocycles. The SMILES string of the molecule is CCC1(CC)CCN(C(=O)c2cc(CN3CCC[C@H](O)C3)on2)C1. The van der Waals surface area contributed by atoms with Crippen LogP contribution in [0.5, 0.6) is 0 Å². The Hall–Kier alpha value is -1.40. The van der Waals surface area contributed by atoms with Gasteiger partial charge in [-0.05, 0) is 44.1 Å². The Morgan fingerprint density at radius 3 is 2.88 bits per heavy atom. The second-order valence-electron chi connectivity index (χ2n) is 7.39. The maximum Gasteiger partial charge on any atom is 0.276 e. The first-order valence-electron chi connectivity index (χ1n) is 9.20. The standard InChI is InChI=1S/C18H29N3O3/c1-3-18(4-2)7-9-21(13-18)17(23)16-10-15(24-19-16)12-20-8-5-6-14(22)11-20/h10,14,22H,3-9,11-13H2,1-2H3/t14-/m0/s1. The van der Waals surface area contributed by atoms with Crippen molar-refractivity contribution in [3.8, 4) is 0 Å². The summed E-state index contributed by atoms with van der Waals surface area (Å²) in [6.45, 7) is 8.25. The first-order valence-corrected chi connectivity index (χ1v) is 9.20. The van der Waals surface area contributed by atoms with Crippen molar-refractivity contribution >= 4 is 5.91 Å². The van der Waals surface area contributed by atoms with Crippen LogP contribution in [0.4, 0.5) is 0 Å². The first-order chi connectivity index (χ1) is 11.5. The second kappa shape index (κ2) is 7.23.